The Hall–Kier alpha value is -2.39. The third-order valence-electron chi connectivity index (χ3n) is 8.99. The van der Waals surface area contributed by atoms with Crippen LogP contribution in [0.2, 0.25) is 0 Å². The monoisotopic (exact) mass is 464 g/mol. The molecule has 3 fully saturated rings. The van der Waals surface area contributed by atoms with Crippen molar-refractivity contribution in [2.75, 3.05) is 13.7 Å². The molecule has 0 unspecified atom stereocenters. The van der Waals surface area contributed by atoms with E-state index in [9.17, 15) is 29.4 Å². The third kappa shape index (κ3) is 2.69. The molecule has 4 aliphatic carbocycles. The van der Waals surface area contributed by atoms with Gasteiger partial charge >= 0.3 is 6.16 Å². The molecule has 0 spiro atoms. The number of allylic oxidation sites excluding steroid dienone is 4. The molecule has 0 aliphatic heterocycles. The lowest BCUT2D eigenvalue weighted by Crippen LogP contribution is -2.71. The highest BCUT2D eigenvalue weighted by Gasteiger charge is 2.78. The average molecular weight is 464 g/mol. The molecule has 8 atom stereocenters. The van der Waals surface area contributed by atoms with Crippen LogP contribution in [0.1, 0.15) is 40.0 Å². The molecule has 4 aliphatic rings. The number of fused-ring (bicyclic) bond motifs is 5. The van der Waals surface area contributed by atoms with Crippen LogP contribution in [0.3, 0.4) is 0 Å². The van der Waals surface area contributed by atoms with Crippen LogP contribution < -0.4 is 0 Å². The number of ketones is 3. The van der Waals surface area contributed by atoms with Crippen molar-refractivity contribution in [2.45, 2.75) is 57.4 Å². The van der Waals surface area contributed by atoms with E-state index >= 15 is 4.39 Å². The summed E-state index contributed by atoms with van der Waals surface area (Å²) >= 11 is 0. The van der Waals surface area contributed by atoms with Gasteiger partial charge in [0.15, 0.2) is 22.8 Å². The molecule has 180 valence electrons. The molecule has 0 aromatic heterocycles. The van der Waals surface area contributed by atoms with Gasteiger partial charge in [-0.05, 0) is 37.8 Å². The first-order valence-electron chi connectivity index (χ1n) is 11.1. The quantitative estimate of drug-likeness (QED) is 0.606. The van der Waals surface area contributed by atoms with Gasteiger partial charge in [-0.3, -0.25) is 14.4 Å². The number of carbonyl (C=O) groups excluding carboxylic acids is 4. The van der Waals surface area contributed by atoms with Gasteiger partial charge in [0, 0.05) is 29.2 Å². The number of carbonyl (C=O) groups is 4. The second kappa shape index (κ2) is 7.30. The minimum atomic E-state index is -2.29. The first-order chi connectivity index (χ1) is 15.3. The maximum atomic E-state index is 17.2. The number of ether oxygens (including phenoxy) is 2. The Morgan fingerprint density at radius 2 is 1.91 bits per heavy atom. The van der Waals surface area contributed by atoms with Crippen molar-refractivity contribution in [3.63, 3.8) is 0 Å². The Morgan fingerprint density at radius 3 is 2.52 bits per heavy atom. The highest BCUT2D eigenvalue weighted by Crippen LogP contribution is 2.71. The number of rotatable bonds is 3. The van der Waals surface area contributed by atoms with Gasteiger partial charge in [-0.1, -0.05) is 19.9 Å². The van der Waals surface area contributed by atoms with Crippen molar-refractivity contribution in [3.05, 3.63) is 23.8 Å². The summed E-state index contributed by atoms with van der Waals surface area (Å²) < 4.78 is 27.4. The zero-order valence-electron chi connectivity index (χ0n) is 19.1. The fourth-order valence-electron chi connectivity index (χ4n) is 7.52. The molecule has 0 aromatic rings. The third-order valence-corrected chi connectivity index (χ3v) is 8.99. The number of halogens is 1. The lowest BCUT2D eigenvalue weighted by Gasteiger charge is -2.62. The van der Waals surface area contributed by atoms with Crippen LogP contribution in [0.15, 0.2) is 23.8 Å². The summed E-state index contributed by atoms with van der Waals surface area (Å²) in [6, 6.07) is 0. The fraction of sp³-hybridized carbons (Fsp3) is 0.667. The molecule has 0 heterocycles. The maximum absolute atomic E-state index is 17.2. The van der Waals surface area contributed by atoms with Gasteiger partial charge < -0.3 is 19.7 Å². The predicted octanol–water partition coefficient (Wildman–Crippen LogP) is 1.87. The van der Waals surface area contributed by atoms with Gasteiger partial charge in [0.2, 0.25) is 5.78 Å². The Morgan fingerprint density at radius 1 is 1.24 bits per heavy atom. The van der Waals surface area contributed by atoms with E-state index < -0.39 is 76.1 Å². The largest absolute Gasteiger partial charge is 0.509 e. The smallest absolute Gasteiger partial charge is 0.438 e. The van der Waals surface area contributed by atoms with E-state index in [1.165, 1.54) is 19.1 Å². The lowest BCUT2D eigenvalue weighted by molar-refractivity contribution is -0.220. The second-order valence-electron chi connectivity index (χ2n) is 10.3. The molecule has 0 saturated heterocycles. The fourth-order valence-corrected chi connectivity index (χ4v) is 7.52. The van der Waals surface area contributed by atoms with Gasteiger partial charge in [-0.2, -0.15) is 0 Å². The van der Waals surface area contributed by atoms with E-state index in [1.807, 2.05) is 0 Å². The summed E-state index contributed by atoms with van der Waals surface area (Å²) in [7, 11) is 1.09. The van der Waals surface area contributed by atoms with Crippen LogP contribution in [-0.4, -0.2) is 64.8 Å². The van der Waals surface area contributed by atoms with Gasteiger partial charge in [-0.15, -0.1) is 0 Å². The lowest BCUT2D eigenvalue weighted by atomic mass is 9.44. The van der Waals surface area contributed by atoms with Crippen molar-refractivity contribution >= 4 is 23.5 Å². The van der Waals surface area contributed by atoms with Crippen molar-refractivity contribution in [1.29, 1.82) is 0 Å². The van der Waals surface area contributed by atoms with Crippen LogP contribution in [0.4, 0.5) is 9.18 Å². The van der Waals surface area contributed by atoms with E-state index in [-0.39, 0.29) is 24.8 Å². The molecule has 0 aromatic carbocycles. The highest BCUT2D eigenvalue weighted by atomic mass is 19.1. The zero-order chi connectivity index (χ0) is 24.6. The maximum Gasteiger partial charge on any atom is 0.509 e. The van der Waals surface area contributed by atoms with E-state index in [0.29, 0.717) is 0 Å². The normalized spacial score (nSPS) is 46.1. The average Bonchev–Trinajstić information content (AvgIpc) is 2.98. The number of Topliss-reactive ketones (excluding diaryl/α,β-unsaturated/α-hetero) is 2. The summed E-state index contributed by atoms with van der Waals surface area (Å²) in [6.45, 7) is 3.90. The van der Waals surface area contributed by atoms with Crippen LogP contribution in [0.5, 0.6) is 0 Å². The van der Waals surface area contributed by atoms with Crippen LogP contribution in [0, 0.1) is 28.6 Å². The molecule has 33 heavy (non-hydrogen) atoms. The van der Waals surface area contributed by atoms with Crippen molar-refractivity contribution < 1.29 is 43.3 Å². The van der Waals surface area contributed by atoms with Crippen LogP contribution >= 0.6 is 0 Å². The molecule has 9 heteroatoms. The topological polar surface area (TPSA) is 127 Å². The van der Waals surface area contributed by atoms with E-state index in [4.69, 9.17) is 4.74 Å². The number of hydrogen-bond donors (Lipinski definition) is 2. The Kier molecular flexibility index (Phi) is 5.26. The number of methoxy groups -OCH3 is 1. The van der Waals surface area contributed by atoms with Crippen molar-refractivity contribution in [3.8, 4) is 0 Å². The van der Waals surface area contributed by atoms with E-state index in [2.05, 4.69) is 4.74 Å². The molecular formula is C24H29FO8. The van der Waals surface area contributed by atoms with E-state index in [1.54, 1.807) is 13.8 Å². The Labute approximate surface area is 190 Å². The molecule has 0 bridgehead atoms. The summed E-state index contributed by atoms with van der Waals surface area (Å²) in [5.41, 5.74) is -6.92. The Bertz CT molecular complexity index is 1000. The molecule has 8 nitrogen and oxygen atoms in total. The standard InChI is InChI=1S/C24H29FO8/c1-12-7-14-15-9-17(28)16-8-13(27)5-6-21(16,2)23(15,25)18(29)10-22(14,3)24(12,19(30)11-26)33-20(31)32-4/h5-6,8,12,14-15,18,26,29H,7,9-11H2,1-4H3/t12-,14+,15+,18+,21+,22+,23+,24+/m1/s1. The Balaban J connectivity index is 1.89. The van der Waals surface area contributed by atoms with Gasteiger partial charge in [-0.25, -0.2) is 9.18 Å². The summed E-state index contributed by atoms with van der Waals surface area (Å²) in [5.74, 6) is -3.84. The first kappa shape index (κ1) is 23.8. The highest BCUT2D eigenvalue weighted by molar-refractivity contribution is 6.10. The molecular weight excluding hydrogens is 435 g/mol. The summed E-state index contributed by atoms with van der Waals surface area (Å²) in [6.07, 6.45) is 0.656. The van der Waals surface area contributed by atoms with Crippen LogP contribution in [0.25, 0.3) is 0 Å². The van der Waals surface area contributed by atoms with Crippen molar-refractivity contribution in [1.82, 2.24) is 0 Å². The molecule has 3 saturated carbocycles. The van der Waals surface area contributed by atoms with Gasteiger partial charge in [0.25, 0.3) is 0 Å². The van der Waals surface area contributed by atoms with E-state index in [0.717, 1.165) is 13.2 Å². The second-order valence-corrected chi connectivity index (χ2v) is 10.3. The molecule has 0 amide bonds. The SMILES string of the molecule is COC(=O)O[C@]1(C(=O)CO)[C@H](C)C[C@H]2[C@@H]3CC(=O)C4=CC(=O)C=C[C@]4(C)[C@@]3(F)[C@@H](O)C[C@@]21C. The van der Waals surface area contributed by atoms with Crippen LogP contribution in [-0.2, 0) is 23.9 Å². The van der Waals surface area contributed by atoms with Gasteiger partial charge in [0.05, 0.1) is 18.6 Å². The number of aliphatic hydroxyl groups excluding tert-OH is 2. The number of aliphatic hydroxyl groups is 2. The minimum absolute atomic E-state index is 0.0333. The minimum Gasteiger partial charge on any atom is -0.438 e. The number of hydrogen-bond acceptors (Lipinski definition) is 8. The molecule has 2 N–H and O–H groups in total. The molecule has 0 radical (unpaired) electrons. The van der Waals surface area contributed by atoms with Crippen molar-refractivity contribution in [2.24, 2.45) is 28.6 Å². The first-order valence-corrected chi connectivity index (χ1v) is 11.1. The predicted molar refractivity (Wildman–Crippen MR) is 112 cm³/mol. The molecule has 4 rings (SSSR count). The zero-order valence-corrected chi connectivity index (χ0v) is 19.1. The number of alkyl halides is 1. The van der Waals surface area contributed by atoms with Gasteiger partial charge in [0.1, 0.15) is 6.61 Å². The summed E-state index contributed by atoms with van der Waals surface area (Å²) in [5, 5.41) is 21.1. The summed E-state index contributed by atoms with van der Waals surface area (Å²) in [4.78, 5) is 50.3.